The third kappa shape index (κ3) is 7.25. The minimum atomic E-state index is -0.614. The van der Waals surface area contributed by atoms with Crippen molar-refractivity contribution >= 4 is 39.3 Å². The Morgan fingerprint density at radius 1 is 1.16 bits per heavy atom. The molecule has 7 heteroatoms. The van der Waals surface area contributed by atoms with Gasteiger partial charge in [-0.1, -0.05) is 65.0 Å². The minimum Gasteiger partial charge on any atom is -0.484 e. The van der Waals surface area contributed by atoms with Crippen LogP contribution in [0.4, 0.5) is 0 Å². The number of nitrogens with zero attached hydrogens (tertiary/aromatic N) is 1. The number of nitrogens with one attached hydrogen (secondary N) is 1. The van der Waals surface area contributed by atoms with E-state index < -0.39 is 6.04 Å². The lowest BCUT2D eigenvalue weighted by Gasteiger charge is -2.31. The van der Waals surface area contributed by atoms with Gasteiger partial charge in [0.05, 0.1) is 0 Å². The summed E-state index contributed by atoms with van der Waals surface area (Å²) in [5, 5.41) is 3.67. The topological polar surface area (TPSA) is 58.6 Å². The van der Waals surface area contributed by atoms with Crippen LogP contribution in [0.5, 0.6) is 5.75 Å². The molecular weight excluding hydrogens is 480 g/mol. The van der Waals surface area contributed by atoms with Crippen molar-refractivity contribution in [1.29, 1.82) is 0 Å². The van der Waals surface area contributed by atoms with Crippen molar-refractivity contribution < 1.29 is 14.3 Å². The lowest BCUT2D eigenvalue weighted by atomic mass is 9.95. The van der Waals surface area contributed by atoms with Crippen LogP contribution in [0.2, 0.25) is 5.02 Å². The first kappa shape index (κ1) is 23.6. The van der Waals surface area contributed by atoms with Crippen molar-refractivity contribution in [2.45, 2.75) is 57.7 Å². The maximum atomic E-state index is 13.1. The molecule has 0 saturated heterocycles. The molecule has 2 aromatic carbocycles. The molecule has 0 bridgehead atoms. The first-order valence-corrected chi connectivity index (χ1v) is 11.8. The Balaban J connectivity index is 1.70. The molecule has 1 unspecified atom stereocenters. The summed E-state index contributed by atoms with van der Waals surface area (Å²) in [7, 11) is 0. The Hall–Kier alpha value is -2.05. The van der Waals surface area contributed by atoms with Gasteiger partial charge in [-0.2, -0.15) is 0 Å². The molecular formula is C24H28BrClN2O3. The maximum Gasteiger partial charge on any atom is 0.261 e. The second-order valence-electron chi connectivity index (χ2n) is 7.92. The van der Waals surface area contributed by atoms with Crippen molar-refractivity contribution in [2.24, 2.45) is 0 Å². The second-order valence-corrected chi connectivity index (χ2v) is 9.27. The molecule has 5 nitrogen and oxygen atoms in total. The van der Waals surface area contributed by atoms with Gasteiger partial charge >= 0.3 is 0 Å². The van der Waals surface area contributed by atoms with E-state index in [2.05, 4.69) is 21.2 Å². The number of amides is 2. The van der Waals surface area contributed by atoms with Gasteiger partial charge in [-0.15, -0.1) is 0 Å². The number of hydrogen-bond donors (Lipinski definition) is 1. The largest absolute Gasteiger partial charge is 0.484 e. The van der Waals surface area contributed by atoms with Crippen LogP contribution in [-0.2, 0) is 16.1 Å². The SMILES string of the molecule is CC(C(=O)NC1CCCCC1)N(Cc1cccc(Br)c1)C(=O)COc1cccc(Cl)c1. The van der Waals surface area contributed by atoms with E-state index >= 15 is 0 Å². The zero-order valence-corrected chi connectivity index (χ0v) is 20.0. The van der Waals surface area contributed by atoms with Gasteiger partial charge in [0.2, 0.25) is 5.91 Å². The number of carbonyl (C=O) groups is 2. The zero-order valence-electron chi connectivity index (χ0n) is 17.7. The quantitative estimate of drug-likeness (QED) is 0.524. The van der Waals surface area contributed by atoms with E-state index in [-0.39, 0.29) is 24.5 Å². The molecule has 1 atom stereocenters. The van der Waals surface area contributed by atoms with Crippen LogP contribution in [0.1, 0.15) is 44.6 Å². The molecule has 0 spiro atoms. The van der Waals surface area contributed by atoms with Gasteiger partial charge in [0.1, 0.15) is 11.8 Å². The smallest absolute Gasteiger partial charge is 0.261 e. The van der Waals surface area contributed by atoms with Crippen LogP contribution >= 0.6 is 27.5 Å². The van der Waals surface area contributed by atoms with Crippen LogP contribution in [-0.4, -0.2) is 35.4 Å². The van der Waals surface area contributed by atoms with Gasteiger partial charge in [-0.05, 0) is 55.7 Å². The monoisotopic (exact) mass is 506 g/mol. The summed E-state index contributed by atoms with van der Waals surface area (Å²) in [5.41, 5.74) is 0.933. The number of carbonyl (C=O) groups excluding carboxylic acids is 2. The average Bonchev–Trinajstić information content (AvgIpc) is 2.76. The molecule has 1 N–H and O–H groups in total. The van der Waals surface area contributed by atoms with Crippen molar-refractivity contribution in [3.63, 3.8) is 0 Å². The fourth-order valence-corrected chi connectivity index (χ4v) is 4.40. The number of hydrogen-bond acceptors (Lipinski definition) is 3. The zero-order chi connectivity index (χ0) is 22.2. The second kappa shape index (κ2) is 11.5. The molecule has 2 aromatic rings. The van der Waals surface area contributed by atoms with E-state index in [9.17, 15) is 9.59 Å². The van der Waals surface area contributed by atoms with Gasteiger partial charge in [-0.25, -0.2) is 0 Å². The molecule has 0 heterocycles. The molecule has 0 radical (unpaired) electrons. The van der Waals surface area contributed by atoms with E-state index in [0.717, 1.165) is 35.7 Å². The highest BCUT2D eigenvalue weighted by molar-refractivity contribution is 9.10. The van der Waals surface area contributed by atoms with Crippen molar-refractivity contribution in [3.05, 3.63) is 63.6 Å². The third-order valence-corrected chi connectivity index (χ3v) is 6.25. The highest BCUT2D eigenvalue weighted by Gasteiger charge is 2.28. The molecule has 1 saturated carbocycles. The third-order valence-electron chi connectivity index (χ3n) is 5.52. The molecule has 3 rings (SSSR count). The van der Waals surface area contributed by atoms with Gasteiger partial charge in [-0.3, -0.25) is 9.59 Å². The first-order chi connectivity index (χ1) is 14.9. The average molecular weight is 508 g/mol. The van der Waals surface area contributed by atoms with Crippen LogP contribution in [0.15, 0.2) is 53.0 Å². The molecule has 166 valence electrons. The van der Waals surface area contributed by atoms with Gasteiger partial charge < -0.3 is 15.0 Å². The summed E-state index contributed by atoms with van der Waals surface area (Å²) in [4.78, 5) is 27.6. The van der Waals surface area contributed by atoms with E-state index in [1.807, 2.05) is 24.3 Å². The Morgan fingerprint density at radius 2 is 1.90 bits per heavy atom. The predicted molar refractivity (Wildman–Crippen MR) is 126 cm³/mol. The Morgan fingerprint density at radius 3 is 2.61 bits per heavy atom. The molecule has 1 aliphatic carbocycles. The van der Waals surface area contributed by atoms with E-state index in [1.165, 1.54) is 6.42 Å². The molecule has 1 fully saturated rings. The fourth-order valence-electron chi connectivity index (χ4n) is 3.77. The Kier molecular flexibility index (Phi) is 8.79. The highest BCUT2D eigenvalue weighted by Crippen LogP contribution is 2.20. The van der Waals surface area contributed by atoms with E-state index in [1.54, 1.807) is 36.1 Å². The van der Waals surface area contributed by atoms with E-state index in [0.29, 0.717) is 17.3 Å². The molecule has 0 aromatic heterocycles. The molecule has 1 aliphatic rings. The van der Waals surface area contributed by atoms with Crippen LogP contribution in [0.25, 0.3) is 0 Å². The maximum absolute atomic E-state index is 13.1. The summed E-state index contributed by atoms with van der Waals surface area (Å²) < 4.78 is 6.58. The fraction of sp³-hybridized carbons (Fsp3) is 0.417. The van der Waals surface area contributed by atoms with Gasteiger partial charge in [0.25, 0.3) is 5.91 Å². The normalized spacial score (nSPS) is 15.2. The van der Waals surface area contributed by atoms with Gasteiger partial charge in [0.15, 0.2) is 6.61 Å². The number of rotatable bonds is 8. The van der Waals surface area contributed by atoms with Crippen LogP contribution in [0.3, 0.4) is 0 Å². The lowest BCUT2D eigenvalue weighted by Crippen LogP contribution is -2.51. The Labute approximate surface area is 197 Å². The molecule has 31 heavy (non-hydrogen) atoms. The predicted octanol–water partition coefficient (Wildman–Crippen LogP) is 5.35. The van der Waals surface area contributed by atoms with Gasteiger partial charge in [0, 0.05) is 22.1 Å². The number of halogens is 2. The molecule has 2 amide bonds. The Bertz CT molecular complexity index is 902. The highest BCUT2D eigenvalue weighted by atomic mass is 79.9. The van der Waals surface area contributed by atoms with E-state index in [4.69, 9.17) is 16.3 Å². The molecule has 0 aliphatic heterocycles. The summed E-state index contributed by atoms with van der Waals surface area (Å²) in [6.45, 7) is 1.92. The van der Waals surface area contributed by atoms with Crippen LogP contribution in [0, 0.1) is 0 Å². The summed E-state index contributed by atoms with van der Waals surface area (Å²) in [6, 6.07) is 14.2. The van der Waals surface area contributed by atoms with Crippen molar-refractivity contribution in [3.8, 4) is 5.75 Å². The lowest BCUT2D eigenvalue weighted by molar-refractivity contribution is -0.142. The summed E-state index contributed by atoms with van der Waals surface area (Å²) in [6.07, 6.45) is 5.48. The van der Waals surface area contributed by atoms with Crippen LogP contribution < -0.4 is 10.1 Å². The summed E-state index contributed by atoms with van der Waals surface area (Å²) in [5.74, 6) is 0.131. The number of ether oxygens (including phenoxy) is 1. The van der Waals surface area contributed by atoms with Crippen molar-refractivity contribution in [1.82, 2.24) is 10.2 Å². The van der Waals surface area contributed by atoms with Crippen molar-refractivity contribution in [2.75, 3.05) is 6.61 Å². The first-order valence-electron chi connectivity index (χ1n) is 10.6. The minimum absolute atomic E-state index is 0.127. The number of benzene rings is 2. The standard InChI is InChI=1S/C24H28BrClN2O3/c1-17(24(30)27-21-10-3-2-4-11-21)28(15-18-7-5-8-19(25)13-18)23(29)16-31-22-12-6-9-20(26)14-22/h5-9,12-14,17,21H,2-4,10-11,15-16H2,1H3,(H,27,30). The summed E-state index contributed by atoms with van der Waals surface area (Å²) >= 11 is 9.47.